The fraction of sp³-hybridized carbons (Fsp3) is 0.667. The summed E-state index contributed by atoms with van der Waals surface area (Å²) in [6, 6.07) is 4.99. The van der Waals surface area contributed by atoms with Crippen molar-refractivity contribution in [3.8, 4) is 0 Å². The first-order valence-electron chi connectivity index (χ1n) is 5.66. The summed E-state index contributed by atoms with van der Waals surface area (Å²) in [4.78, 5) is 1.48. The van der Waals surface area contributed by atoms with Crippen LogP contribution in [0.3, 0.4) is 0 Å². The van der Waals surface area contributed by atoms with Crippen molar-refractivity contribution in [1.82, 2.24) is 10.6 Å². The molecule has 1 aromatic rings. The minimum Gasteiger partial charge on any atom is -0.312 e. The molecule has 0 aliphatic carbocycles. The Bertz CT molecular complexity index is 293. The summed E-state index contributed by atoms with van der Waals surface area (Å²) >= 11 is 1.85. The van der Waals surface area contributed by atoms with Crippen molar-refractivity contribution >= 4 is 11.3 Å². The van der Waals surface area contributed by atoms with Crippen LogP contribution in [-0.2, 0) is 6.42 Å². The Hall–Kier alpha value is -0.380. The summed E-state index contributed by atoms with van der Waals surface area (Å²) in [5.74, 6) is 0. The maximum atomic E-state index is 3.62. The van der Waals surface area contributed by atoms with Crippen LogP contribution in [0.5, 0.6) is 0 Å². The molecule has 2 rings (SSSR count). The van der Waals surface area contributed by atoms with E-state index in [9.17, 15) is 0 Å². The van der Waals surface area contributed by atoms with Gasteiger partial charge in [-0.2, -0.15) is 0 Å². The van der Waals surface area contributed by atoms with E-state index in [2.05, 4.69) is 42.0 Å². The van der Waals surface area contributed by atoms with Crippen molar-refractivity contribution in [2.45, 2.75) is 38.3 Å². The lowest BCUT2D eigenvalue weighted by atomic mass is 10.0. The summed E-state index contributed by atoms with van der Waals surface area (Å²) in [5.41, 5.74) is 0.320. The van der Waals surface area contributed by atoms with Crippen molar-refractivity contribution in [3.05, 3.63) is 22.4 Å². The van der Waals surface area contributed by atoms with Crippen LogP contribution in [-0.4, -0.2) is 24.7 Å². The second kappa shape index (κ2) is 4.64. The van der Waals surface area contributed by atoms with E-state index < -0.39 is 0 Å². The second-order valence-electron chi connectivity index (χ2n) is 4.95. The van der Waals surface area contributed by atoms with Gasteiger partial charge < -0.3 is 10.6 Å². The Morgan fingerprint density at radius 3 is 3.07 bits per heavy atom. The monoisotopic (exact) mass is 224 g/mol. The van der Waals surface area contributed by atoms with Crippen LogP contribution >= 0.6 is 11.3 Å². The molecule has 1 unspecified atom stereocenters. The van der Waals surface area contributed by atoms with Crippen LogP contribution in [0.15, 0.2) is 17.5 Å². The van der Waals surface area contributed by atoms with Gasteiger partial charge in [-0.3, -0.25) is 0 Å². The fourth-order valence-corrected chi connectivity index (χ4v) is 2.87. The van der Waals surface area contributed by atoms with Gasteiger partial charge in [-0.1, -0.05) is 6.07 Å². The van der Waals surface area contributed by atoms with E-state index >= 15 is 0 Å². The van der Waals surface area contributed by atoms with Crippen molar-refractivity contribution in [3.63, 3.8) is 0 Å². The quantitative estimate of drug-likeness (QED) is 0.817. The number of nitrogens with one attached hydrogen (secondary N) is 2. The molecule has 1 aliphatic heterocycles. The second-order valence-corrected chi connectivity index (χ2v) is 5.98. The first-order chi connectivity index (χ1) is 7.16. The van der Waals surface area contributed by atoms with Crippen molar-refractivity contribution in [2.24, 2.45) is 0 Å². The van der Waals surface area contributed by atoms with E-state index in [4.69, 9.17) is 0 Å². The molecule has 0 aromatic carbocycles. The molecule has 1 atom stereocenters. The Kier molecular flexibility index (Phi) is 3.44. The normalized spacial score (nSPS) is 24.5. The van der Waals surface area contributed by atoms with Gasteiger partial charge in [0.05, 0.1) is 0 Å². The predicted molar refractivity (Wildman–Crippen MR) is 66.5 cm³/mol. The minimum atomic E-state index is 0.320. The van der Waals surface area contributed by atoms with Gasteiger partial charge >= 0.3 is 0 Å². The highest BCUT2D eigenvalue weighted by Crippen LogP contribution is 2.17. The van der Waals surface area contributed by atoms with Gasteiger partial charge in [-0.05, 0) is 38.1 Å². The van der Waals surface area contributed by atoms with E-state index in [1.54, 1.807) is 0 Å². The van der Waals surface area contributed by atoms with Gasteiger partial charge in [-0.25, -0.2) is 0 Å². The third kappa shape index (κ3) is 3.30. The average molecular weight is 224 g/mol. The summed E-state index contributed by atoms with van der Waals surface area (Å²) in [7, 11) is 0. The predicted octanol–water partition coefficient (Wildman–Crippen LogP) is 2.02. The molecule has 84 valence electrons. The third-order valence-electron chi connectivity index (χ3n) is 2.97. The number of hydrogen-bond acceptors (Lipinski definition) is 3. The highest BCUT2D eigenvalue weighted by molar-refractivity contribution is 7.09. The lowest BCUT2D eigenvalue weighted by Crippen LogP contribution is -2.32. The molecule has 15 heavy (non-hydrogen) atoms. The lowest BCUT2D eigenvalue weighted by molar-refractivity contribution is 0.443. The fourth-order valence-electron chi connectivity index (χ4n) is 2.16. The van der Waals surface area contributed by atoms with Crippen molar-refractivity contribution in [2.75, 3.05) is 13.1 Å². The maximum Gasteiger partial charge on any atom is 0.0210 e. The zero-order chi connectivity index (χ0) is 10.7. The summed E-state index contributed by atoms with van der Waals surface area (Å²) in [5, 5.41) is 9.30. The molecule has 1 aliphatic rings. The Morgan fingerprint density at radius 2 is 2.47 bits per heavy atom. The maximum absolute atomic E-state index is 3.62. The van der Waals surface area contributed by atoms with Crippen molar-refractivity contribution < 1.29 is 0 Å². The van der Waals surface area contributed by atoms with E-state index in [-0.39, 0.29) is 0 Å². The SMILES string of the molecule is CC1(C)CC(NCCc2cccs2)CN1. The van der Waals surface area contributed by atoms with Gasteiger partial charge in [0, 0.05) is 29.5 Å². The lowest BCUT2D eigenvalue weighted by Gasteiger charge is -2.17. The van der Waals surface area contributed by atoms with E-state index in [0.717, 1.165) is 19.5 Å². The van der Waals surface area contributed by atoms with E-state index in [1.165, 1.54) is 11.3 Å². The number of hydrogen-bond donors (Lipinski definition) is 2. The van der Waals surface area contributed by atoms with Crippen LogP contribution in [0.2, 0.25) is 0 Å². The molecule has 1 fully saturated rings. The Balaban J connectivity index is 1.67. The molecule has 2 N–H and O–H groups in total. The molecule has 1 saturated heterocycles. The molecule has 3 heteroatoms. The van der Waals surface area contributed by atoms with Crippen LogP contribution in [0.4, 0.5) is 0 Å². The third-order valence-corrected chi connectivity index (χ3v) is 3.90. The summed E-state index contributed by atoms with van der Waals surface area (Å²) in [6.45, 7) is 6.75. The zero-order valence-corrected chi connectivity index (χ0v) is 10.4. The standard InChI is InChI=1S/C12H20N2S/c1-12(2)8-10(9-14-12)13-6-5-11-4-3-7-15-11/h3-4,7,10,13-14H,5-6,8-9H2,1-2H3. The molecule has 2 heterocycles. The highest BCUT2D eigenvalue weighted by Gasteiger charge is 2.29. The number of thiophene rings is 1. The average Bonchev–Trinajstić information content (AvgIpc) is 2.76. The van der Waals surface area contributed by atoms with E-state index in [1.807, 2.05) is 11.3 Å². The van der Waals surface area contributed by atoms with Gasteiger partial charge in [0.1, 0.15) is 0 Å². The number of rotatable bonds is 4. The highest BCUT2D eigenvalue weighted by atomic mass is 32.1. The first-order valence-corrected chi connectivity index (χ1v) is 6.54. The van der Waals surface area contributed by atoms with Crippen LogP contribution < -0.4 is 10.6 Å². The van der Waals surface area contributed by atoms with Crippen LogP contribution in [0.25, 0.3) is 0 Å². The smallest absolute Gasteiger partial charge is 0.0210 e. The molecular weight excluding hydrogens is 204 g/mol. The molecule has 0 radical (unpaired) electrons. The molecule has 0 spiro atoms. The molecule has 1 aromatic heterocycles. The topological polar surface area (TPSA) is 24.1 Å². The Morgan fingerprint density at radius 1 is 1.60 bits per heavy atom. The molecule has 0 amide bonds. The summed E-state index contributed by atoms with van der Waals surface area (Å²) < 4.78 is 0. The van der Waals surface area contributed by atoms with E-state index in [0.29, 0.717) is 11.6 Å². The largest absolute Gasteiger partial charge is 0.312 e. The molecule has 0 saturated carbocycles. The summed E-state index contributed by atoms with van der Waals surface area (Å²) in [6.07, 6.45) is 2.39. The molecular formula is C12H20N2S. The van der Waals surface area contributed by atoms with Crippen LogP contribution in [0, 0.1) is 0 Å². The van der Waals surface area contributed by atoms with Crippen molar-refractivity contribution in [1.29, 1.82) is 0 Å². The molecule has 2 nitrogen and oxygen atoms in total. The zero-order valence-electron chi connectivity index (χ0n) is 9.55. The van der Waals surface area contributed by atoms with Crippen LogP contribution in [0.1, 0.15) is 25.1 Å². The van der Waals surface area contributed by atoms with Gasteiger partial charge in [0.15, 0.2) is 0 Å². The molecule has 0 bridgehead atoms. The Labute approximate surface area is 96.1 Å². The van der Waals surface area contributed by atoms with Gasteiger partial charge in [0.2, 0.25) is 0 Å². The first kappa shape index (κ1) is 11.1. The van der Waals surface area contributed by atoms with Gasteiger partial charge in [0.25, 0.3) is 0 Å². The van der Waals surface area contributed by atoms with Gasteiger partial charge in [-0.15, -0.1) is 11.3 Å². The minimum absolute atomic E-state index is 0.320.